The summed E-state index contributed by atoms with van der Waals surface area (Å²) in [5.74, 6) is -0.506. The molecule has 0 aliphatic carbocycles. The Morgan fingerprint density at radius 2 is 1.83 bits per heavy atom. The number of rotatable bonds is 7. The number of carbonyl (C=O) groups is 2. The molecule has 1 atom stereocenters. The molecule has 0 saturated heterocycles. The quantitative estimate of drug-likeness (QED) is 0.438. The number of ether oxygens (including phenoxy) is 1. The molecule has 0 unspecified atom stereocenters. The second-order valence-corrected chi connectivity index (χ2v) is 6.54. The number of carbonyl (C=O) groups excluding carboxylic acids is 1. The normalized spacial score (nSPS) is 11.7. The van der Waals surface area contributed by atoms with E-state index >= 15 is 0 Å². The Labute approximate surface area is 171 Å². The average molecular weight is 402 g/mol. The van der Waals surface area contributed by atoms with E-state index < -0.39 is 17.9 Å². The molecule has 4 rings (SSSR count). The van der Waals surface area contributed by atoms with Crippen molar-refractivity contribution in [2.24, 2.45) is 0 Å². The van der Waals surface area contributed by atoms with Crippen molar-refractivity contribution in [2.45, 2.75) is 6.04 Å². The number of aromatic nitrogens is 3. The standard InChI is InChI=1S/C22H18N4O4/c27-21(26-19(22(28)29)13-30-16-4-2-1-3-5-16)15-6-7-17-18(12-15)25-20(24-17)14-8-10-23-11-9-14/h1-12,19H,13H2,(H,24,25)(H,26,27)(H,28,29)/t19-/m0/s1. The lowest BCUT2D eigenvalue weighted by Gasteiger charge is -2.15. The summed E-state index contributed by atoms with van der Waals surface area (Å²) >= 11 is 0. The summed E-state index contributed by atoms with van der Waals surface area (Å²) in [6.07, 6.45) is 3.34. The number of fused-ring (bicyclic) bond motifs is 1. The van der Waals surface area contributed by atoms with E-state index in [9.17, 15) is 14.7 Å². The number of aliphatic carboxylic acids is 1. The number of H-pyrrole nitrogens is 1. The zero-order chi connectivity index (χ0) is 20.9. The van der Waals surface area contributed by atoms with Crippen LogP contribution in [0.15, 0.2) is 73.1 Å². The Balaban J connectivity index is 1.49. The lowest BCUT2D eigenvalue weighted by Crippen LogP contribution is -2.44. The van der Waals surface area contributed by atoms with Crippen LogP contribution in [0, 0.1) is 0 Å². The third-order valence-electron chi connectivity index (χ3n) is 4.46. The monoisotopic (exact) mass is 402 g/mol. The molecule has 1 amide bonds. The van der Waals surface area contributed by atoms with Gasteiger partial charge in [0.05, 0.1) is 11.0 Å². The van der Waals surface area contributed by atoms with Gasteiger partial charge in [-0.1, -0.05) is 18.2 Å². The molecule has 150 valence electrons. The molecule has 0 fully saturated rings. The molecule has 0 saturated carbocycles. The van der Waals surface area contributed by atoms with Crippen LogP contribution >= 0.6 is 0 Å². The molecule has 2 heterocycles. The van der Waals surface area contributed by atoms with E-state index in [1.54, 1.807) is 54.9 Å². The Bertz CT molecular complexity index is 1180. The van der Waals surface area contributed by atoms with Crippen LogP contribution in [-0.4, -0.2) is 44.6 Å². The Kier molecular flexibility index (Phi) is 5.38. The summed E-state index contributed by atoms with van der Waals surface area (Å²) in [4.78, 5) is 35.8. The third kappa shape index (κ3) is 4.27. The van der Waals surface area contributed by atoms with Gasteiger partial charge < -0.3 is 20.1 Å². The minimum atomic E-state index is -1.19. The largest absolute Gasteiger partial charge is 0.491 e. The highest BCUT2D eigenvalue weighted by Gasteiger charge is 2.22. The van der Waals surface area contributed by atoms with Crippen molar-refractivity contribution in [2.75, 3.05) is 6.61 Å². The maximum Gasteiger partial charge on any atom is 0.329 e. The number of amides is 1. The number of carboxylic acids is 1. The van der Waals surface area contributed by atoms with Crippen LogP contribution < -0.4 is 10.1 Å². The van der Waals surface area contributed by atoms with Gasteiger partial charge in [0.15, 0.2) is 6.04 Å². The lowest BCUT2D eigenvalue weighted by atomic mass is 10.1. The smallest absolute Gasteiger partial charge is 0.329 e. The fraction of sp³-hybridized carbons (Fsp3) is 0.0909. The number of pyridine rings is 1. The van der Waals surface area contributed by atoms with Gasteiger partial charge >= 0.3 is 5.97 Å². The molecular formula is C22H18N4O4. The average Bonchev–Trinajstić information content (AvgIpc) is 3.21. The van der Waals surface area contributed by atoms with Gasteiger partial charge in [0.1, 0.15) is 18.2 Å². The molecule has 0 aliphatic heterocycles. The first-order chi connectivity index (χ1) is 14.6. The number of nitrogens with zero attached hydrogens (tertiary/aromatic N) is 2. The highest BCUT2D eigenvalue weighted by molar-refractivity contribution is 5.99. The van der Waals surface area contributed by atoms with Crippen LogP contribution in [-0.2, 0) is 4.79 Å². The van der Waals surface area contributed by atoms with Crippen molar-refractivity contribution in [3.8, 4) is 17.1 Å². The van der Waals surface area contributed by atoms with E-state index in [0.29, 0.717) is 28.2 Å². The van der Waals surface area contributed by atoms with Crippen LogP contribution in [0.25, 0.3) is 22.4 Å². The second kappa shape index (κ2) is 8.44. The fourth-order valence-electron chi connectivity index (χ4n) is 2.91. The van der Waals surface area contributed by atoms with Crippen LogP contribution in [0.2, 0.25) is 0 Å². The molecule has 2 aromatic heterocycles. The number of hydrogen-bond acceptors (Lipinski definition) is 5. The minimum absolute atomic E-state index is 0.191. The number of benzene rings is 2. The number of aromatic amines is 1. The zero-order valence-corrected chi connectivity index (χ0v) is 15.8. The van der Waals surface area contributed by atoms with Gasteiger partial charge in [-0.2, -0.15) is 0 Å². The first-order valence-electron chi connectivity index (χ1n) is 9.22. The van der Waals surface area contributed by atoms with Crippen molar-refractivity contribution in [3.05, 3.63) is 78.6 Å². The van der Waals surface area contributed by atoms with Crippen molar-refractivity contribution >= 4 is 22.9 Å². The van der Waals surface area contributed by atoms with E-state index in [-0.39, 0.29) is 6.61 Å². The Morgan fingerprint density at radius 1 is 1.07 bits per heavy atom. The van der Waals surface area contributed by atoms with Gasteiger partial charge in [-0.15, -0.1) is 0 Å². The number of carboxylic acid groups (broad SMARTS) is 1. The van der Waals surface area contributed by atoms with Crippen molar-refractivity contribution in [1.29, 1.82) is 0 Å². The summed E-state index contributed by atoms with van der Waals surface area (Å²) in [5, 5.41) is 11.9. The maximum atomic E-state index is 12.6. The van der Waals surface area contributed by atoms with Crippen LogP contribution in [0.1, 0.15) is 10.4 Å². The summed E-state index contributed by atoms with van der Waals surface area (Å²) < 4.78 is 5.47. The minimum Gasteiger partial charge on any atom is -0.491 e. The van der Waals surface area contributed by atoms with Gasteiger partial charge in [0, 0.05) is 23.5 Å². The topological polar surface area (TPSA) is 117 Å². The van der Waals surface area contributed by atoms with E-state index in [2.05, 4.69) is 20.3 Å². The molecule has 0 aliphatic rings. The van der Waals surface area contributed by atoms with Gasteiger partial charge in [0.25, 0.3) is 5.91 Å². The predicted molar refractivity (Wildman–Crippen MR) is 110 cm³/mol. The molecule has 8 nitrogen and oxygen atoms in total. The number of imidazole rings is 1. The maximum absolute atomic E-state index is 12.6. The predicted octanol–water partition coefficient (Wildman–Crippen LogP) is 2.89. The Morgan fingerprint density at radius 3 is 2.57 bits per heavy atom. The van der Waals surface area contributed by atoms with Gasteiger partial charge in [-0.3, -0.25) is 9.78 Å². The van der Waals surface area contributed by atoms with Crippen LogP contribution in [0.5, 0.6) is 5.75 Å². The molecule has 8 heteroatoms. The van der Waals surface area contributed by atoms with Gasteiger partial charge in [-0.05, 0) is 42.5 Å². The lowest BCUT2D eigenvalue weighted by molar-refractivity contribution is -0.140. The van der Waals surface area contributed by atoms with Crippen molar-refractivity contribution in [3.63, 3.8) is 0 Å². The Hall–Kier alpha value is -4.20. The summed E-state index contributed by atoms with van der Waals surface area (Å²) in [7, 11) is 0. The first-order valence-corrected chi connectivity index (χ1v) is 9.22. The number of para-hydroxylation sites is 1. The third-order valence-corrected chi connectivity index (χ3v) is 4.46. The summed E-state index contributed by atoms with van der Waals surface area (Å²) in [6, 6.07) is 16.2. The van der Waals surface area contributed by atoms with Gasteiger partial charge in [-0.25, -0.2) is 9.78 Å². The molecule has 0 spiro atoms. The highest BCUT2D eigenvalue weighted by atomic mass is 16.5. The van der Waals surface area contributed by atoms with E-state index in [0.717, 1.165) is 5.56 Å². The number of hydrogen-bond donors (Lipinski definition) is 3. The molecule has 2 aromatic carbocycles. The summed E-state index contributed by atoms with van der Waals surface area (Å²) in [6.45, 7) is -0.191. The van der Waals surface area contributed by atoms with Gasteiger partial charge in [0.2, 0.25) is 0 Å². The van der Waals surface area contributed by atoms with E-state index in [4.69, 9.17) is 4.74 Å². The molecule has 3 N–H and O–H groups in total. The second-order valence-electron chi connectivity index (χ2n) is 6.54. The van der Waals surface area contributed by atoms with Crippen molar-refractivity contribution in [1.82, 2.24) is 20.3 Å². The number of nitrogens with one attached hydrogen (secondary N) is 2. The molecule has 4 aromatic rings. The van der Waals surface area contributed by atoms with Crippen LogP contribution in [0.3, 0.4) is 0 Å². The molecule has 30 heavy (non-hydrogen) atoms. The van der Waals surface area contributed by atoms with Crippen LogP contribution in [0.4, 0.5) is 0 Å². The molecule has 0 radical (unpaired) electrons. The summed E-state index contributed by atoms with van der Waals surface area (Å²) in [5.41, 5.74) is 2.55. The fourth-order valence-corrected chi connectivity index (χ4v) is 2.91. The first kappa shape index (κ1) is 19.1. The zero-order valence-electron chi connectivity index (χ0n) is 15.8. The van der Waals surface area contributed by atoms with E-state index in [1.807, 2.05) is 18.2 Å². The highest BCUT2D eigenvalue weighted by Crippen LogP contribution is 2.21. The van der Waals surface area contributed by atoms with E-state index in [1.165, 1.54) is 0 Å². The molecular weight excluding hydrogens is 384 g/mol. The molecule has 0 bridgehead atoms. The van der Waals surface area contributed by atoms with Crippen molar-refractivity contribution < 1.29 is 19.4 Å². The SMILES string of the molecule is O=C(N[C@@H](COc1ccccc1)C(=O)O)c1ccc2nc(-c3ccncc3)[nH]c2c1.